The second-order valence-electron chi connectivity index (χ2n) is 12.5. The molecule has 1 aliphatic heterocycles. The molecule has 4 N–H and O–H groups in total. The third-order valence-corrected chi connectivity index (χ3v) is 12.7. The minimum Gasteiger partial charge on any atom is -0.497 e. The molecule has 1 aromatic heterocycles. The van der Waals surface area contributed by atoms with Crippen molar-refractivity contribution in [2.75, 3.05) is 33.1 Å². The fourth-order valence-corrected chi connectivity index (χ4v) is 10.1. The Morgan fingerprint density at radius 2 is 1.50 bits per heavy atom. The van der Waals surface area contributed by atoms with E-state index in [1.807, 2.05) is 24.3 Å². The molecular formula is C33H41N7O6S2. The summed E-state index contributed by atoms with van der Waals surface area (Å²) in [5.74, 6) is 1.10. The van der Waals surface area contributed by atoms with Crippen molar-refractivity contribution in [1.29, 1.82) is 0 Å². The Morgan fingerprint density at radius 3 is 2.08 bits per heavy atom. The van der Waals surface area contributed by atoms with Crippen LogP contribution in [0.3, 0.4) is 0 Å². The van der Waals surface area contributed by atoms with Gasteiger partial charge in [0.15, 0.2) is 15.7 Å². The van der Waals surface area contributed by atoms with E-state index in [0.717, 1.165) is 18.4 Å². The van der Waals surface area contributed by atoms with Crippen molar-refractivity contribution in [3.05, 3.63) is 77.4 Å². The van der Waals surface area contributed by atoms with Crippen molar-refractivity contribution in [2.45, 2.75) is 60.5 Å². The SMILES string of the molecule is COc1ccc(CNS(=O)(=O)c2c(S(=O)(=O)CC3CNC3)ccc(C3CCC(N)CC3)c2-c2nnnn2Cc2ccc(OC)cc2)cc1. The van der Waals surface area contributed by atoms with Crippen LogP contribution in [0.15, 0.2) is 70.5 Å². The highest BCUT2D eigenvalue weighted by atomic mass is 32.2. The van der Waals surface area contributed by atoms with Gasteiger partial charge in [-0.3, -0.25) is 0 Å². The normalized spacial score (nSPS) is 18.7. The number of rotatable bonds is 13. The number of hydrogen-bond donors (Lipinski definition) is 3. The van der Waals surface area contributed by atoms with Gasteiger partial charge in [-0.2, -0.15) is 0 Å². The standard InChI is InChI=1S/C33H41N7O6S2/c1-45-27-11-3-22(4-12-27)19-36-48(43,44)32-30(47(41,42)21-24-17-35-18-24)16-15-29(25-7-9-26(34)10-8-25)31(32)33-37-38-39-40(33)20-23-5-13-28(46-2)14-6-23/h3-6,11-16,24-26,35-36H,7-10,17-21,34H2,1-2H3. The topological polar surface area (TPSA) is 180 Å². The molecule has 6 rings (SSSR count). The van der Waals surface area contributed by atoms with Gasteiger partial charge in [0.25, 0.3) is 0 Å². The summed E-state index contributed by atoms with van der Waals surface area (Å²) >= 11 is 0. The summed E-state index contributed by atoms with van der Waals surface area (Å²) in [7, 11) is -5.39. The van der Waals surface area contributed by atoms with Crippen LogP contribution in [0.2, 0.25) is 0 Å². The largest absolute Gasteiger partial charge is 0.497 e. The molecule has 256 valence electrons. The average Bonchev–Trinajstić information content (AvgIpc) is 3.53. The number of benzene rings is 3. The quantitative estimate of drug-likeness (QED) is 0.187. The summed E-state index contributed by atoms with van der Waals surface area (Å²) < 4.78 is 72.1. The molecule has 48 heavy (non-hydrogen) atoms. The molecule has 2 aliphatic rings. The van der Waals surface area contributed by atoms with E-state index in [1.54, 1.807) is 44.6 Å². The Bertz CT molecular complexity index is 1940. The molecule has 0 amide bonds. The molecule has 4 aromatic rings. The second-order valence-corrected chi connectivity index (χ2v) is 16.2. The Balaban J connectivity index is 1.52. The zero-order chi connectivity index (χ0) is 33.9. The summed E-state index contributed by atoms with van der Waals surface area (Å²) in [6.45, 7) is 1.23. The van der Waals surface area contributed by atoms with Crippen LogP contribution in [0.1, 0.15) is 48.3 Å². The van der Waals surface area contributed by atoms with Gasteiger partial charge in [0.2, 0.25) is 10.0 Å². The fourth-order valence-electron chi connectivity index (χ4n) is 6.35. The van der Waals surface area contributed by atoms with Gasteiger partial charge in [-0.1, -0.05) is 30.3 Å². The first-order valence-electron chi connectivity index (χ1n) is 16.0. The van der Waals surface area contributed by atoms with Crippen molar-refractivity contribution in [3.8, 4) is 22.9 Å². The third kappa shape index (κ3) is 7.39. The first kappa shape index (κ1) is 34.0. The van der Waals surface area contributed by atoms with Crippen LogP contribution in [0.25, 0.3) is 11.4 Å². The number of ether oxygens (including phenoxy) is 2. The van der Waals surface area contributed by atoms with Crippen LogP contribution in [0.4, 0.5) is 0 Å². The van der Waals surface area contributed by atoms with Crippen molar-refractivity contribution >= 4 is 19.9 Å². The maximum Gasteiger partial charge on any atom is 0.242 e. The molecule has 13 nitrogen and oxygen atoms in total. The lowest BCUT2D eigenvalue weighted by atomic mass is 9.80. The molecular weight excluding hydrogens is 655 g/mol. The van der Waals surface area contributed by atoms with Crippen molar-refractivity contribution < 1.29 is 26.3 Å². The molecule has 0 bridgehead atoms. The molecule has 0 atom stereocenters. The molecule has 0 unspecified atom stereocenters. The van der Waals surface area contributed by atoms with Gasteiger partial charge in [-0.05, 0) is 95.0 Å². The number of sulfonamides is 1. The Labute approximate surface area is 281 Å². The summed E-state index contributed by atoms with van der Waals surface area (Å²) in [5.41, 5.74) is 8.65. The summed E-state index contributed by atoms with van der Waals surface area (Å²) in [5, 5.41) is 15.7. The highest BCUT2D eigenvalue weighted by Gasteiger charge is 2.37. The molecule has 0 radical (unpaired) electrons. The first-order chi connectivity index (χ1) is 23.1. The van der Waals surface area contributed by atoms with Crippen LogP contribution < -0.4 is 25.2 Å². The first-order valence-corrected chi connectivity index (χ1v) is 19.1. The molecule has 0 spiro atoms. The zero-order valence-electron chi connectivity index (χ0n) is 27.0. The van der Waals surface area contributed by atoms with Gasteiger partial charge in [-0.25, -0.2) is 26.2 Å². The monoisotopic (exact) mass is 695 g/mol. The predicted octanol–water partition coefficient (Wildman–Crippen LogP) is 2.86. The Hall–Kier alpha value is -3.89. The maximum atomic E-state index is 14.6. The third-order valence-electron chi connectivity index (χ3n) is 9.16. The molecule has 2 fully saturated rings. The number of aromatic nitrogens is 4. The minimum absolute atomic E-state index is 0.0511. The summed E-state index contributed by atoms with van der Waals surface area (Å²) in [4.78, 5) is -0.594. The molecule has 2 heterocycles. The lowest BCUT2D eigenvalue weighted by Crippen LogP contribution is -2.45. The summed E-state index contributed by atoms with van der Waals surface area (Å²) in [6, 6.07) is 17.6. The van der Waals surface area contributed by atoms with E-state index in [-0.39, 0.29) is 57.9 Å². The molecule has 1 aliphatic carbocycles. The van der Waals surface area contributed by atoms with Gasteiger partial charge in [0.1, 0.15) is 16.4 Å². The molecule has 1 saturated carbocycles. The van der Waals surface area contributed by atoms with Crippen molar-refractivity contribution in [3.63, 3.8) is 0 Å². The van der Waals surface area contributed by atoms with Gasteiger partial charge in [-0.15, -0.1) is 5.10 Å². The Kier molecular flexibility index (Phi) is 10.1. The van der Waals surface area contributed by atoms with E-state index in [0.29, 0.717) is 48.6 Å². The van der Waals surface area contributed by atoms with Gasteiger partial charge < -0.3 is 20.5 Å². The number of nitrogens with one attached hydrogen (secondary N) is 2. The number of nitrogens with two attached hydrogens (primary N) is 1. The minimum atomic E-state index is -4.47. The number of nitrogens with zero attached hydrogens (tertiary/aromatic N) is 4. The molecule has 1 saturated heterocycles. The Morgan fingerprint density at radius 1 is 0.875 bits per heavy atom. The van der Waals surface area contributed by atoms with Gasteiger partial charge >= 0.3 is 0 Å². The van der Waals surface area contributed by atoms with Crippen LogP contribution in [0.5, 0.6) is 11.5 Å². The van der Waals surface area contributed by atoms with E-state index in [4.69, 9.17) is 15.2 Å². The molecule has 15 heteroatoms. The number of tetrazole rings is 1. The van der Waals surface area contributed by atoms with Crippen molar-refractivity contribution in [1.82, 2.24) is 30.2 Å². The second kappa shape index (κ2) is 14.3. The lowest BCUT2D eigenvalue weighted by Gasteiger charge is -2.30. The number of methoxy groups -OCH3 is 2. The van der Waals surface area contributed by atoms with E-state index >= 15 is 0 Å². The van der Waals surface area contributed by atoms with Gasteiger partial charge in [0, 0.05) is 31.2 Å². The highest BCUT2D eigenvalue weighted by molar-refractivity contribution is 7.93. The predicted molar refractivity (Wildman–Crippen MR) is 180 cm³/mol. The van der Waals surface area contributed by atoms with Crippen LogP contribution in [-0.2, 0) is 33.0 Å². The van der Waals surface area contributed by atoms with Crippen molar-refractivity contribution in [2.24, 2.45) is 11.7 Å². The lowest BCUT2D eigenvalue weighted by molar-refractivity contribution is 0.378. The van der Waals surface area contributed by atoms with Crippen LogP contribution in [0, 0.1) is 5.92 Å². The fraction of sp³-hybridized carbons (Fsp3) is 0.424. The van der Waals surface area contributed by atoms with Crippen LogP contribution >= 0.6 is 0 Å². The smallest absolute Gasteiger partial charge is 0.242 e. The van der Waals surface area contributed by atoms with E-state index < -0.39 is 19.9 Å². The average molecular weight is 696 g/mol. The van der Waals surface area contributed by atoms with Crippen LogP contribution in [-0.4, -0.2) is 76.1 Å². The molecule has 3 aromatic carbocycles. The maximum absolute atomic E-state index is 14.6. The summed E-state index contributed by atoms with van der Waals surface area (Å²) in [6.07, 6.45) is 2.94. The zero-order valence-corrected chi connectivity index (χ0v) is 28.6. The van der Waals surface area contributed by atoms with E-state index in [9.17, 15) is 16.8 Å². The number of hydrogen-bond acceptors (Lipinski definition) is 11. The highest BCUT2D eigenvalue weighted by Crippen LogP contribution is 2.43. The number of sulfone groups is 1. The van der Waals surface area contributed by atoms with Gasteiger partial charge in [0.05, 0.1) is 31.4 Å². The van der Waals surface area contributed by atoms with E-state index in [2.05, 4.69) is 25.6 Å². The van der Waals surface area contributed by atoms with E-state index in [1.165, 1.54) is 10.7 Å².